The van der Waals surface area contributed by atoms with E-state index in [1.807, 2.05) is 12.1 Å². The lowest BCUT2D eigenvalue weighted by Gasteiger charge is -2.04. The number of rotatable bonds is 4. The number of hydrogen-bond donors (Lipinski definition) is 0. The number of aromatic nitrogens is 1. The molecule has 0 radical (unpaired) electrons. The Bertz CT molecular complexity index is 557. The number of nitrogens with zero attached hydrogens (tertiary/aromatic N) is 1. The van der Waals surface area contributed by atoms with Crippen LogP contribution < -0.4 is 0 Å². The number of pyridine rings is 1. The maximum atomic E-state index is 13.7. The van der Waals surface area contributed by atoms with Gasteiger partial charge in [-0.3, -0.25) is 9.78 Å². The highest BCUT2D eigenvalue weighted by molar-refractivity contribution is 9.10. The average Bonchev–Trinajstić information content (AvgIpc) is 2.40. The van der Waals surface area contributed by atoms with Crippen LogP contribution in [0.3, 0.4) is 0 Å². The molecule has 2 rings (SSSR count). The van der Waals surface area contributed by atoms with Crippen molar-refractivity contribution in [3.05, 3.63) is 64.1 Å². The molecule has 0 amide bonds. The van der Waals surface area contributed by atoms with E-state index in [9.17, 15) is 9.18 Å². The normalized spacial score (nSPS) is 10.3. The highest BCUT2D eigenvalue weighted by atomic mass is 79.9. The first-order chi connectivity index (χ1) is 8.68. The molecule has 0 aliphatic rings. The zero-order chi connectivity index (χ0) is 13.0. The molecule has 18 heavy (non-hydrogen) atoms. The summed E-state index contributed by atoms with van der Waals surface area (Å²) in [5.41, 5.74) is 1.16. The van der Waals surface area contributed by atoms with Crippen LogP contribution in [0.2, 0.25) is 0 Å². The first kappa shape index (κ1) is 12.9. The predicted octanol–water partition coefficient (Wildman–Crippen LogP) is 3.80. The number of ketones is 1. The highest BCUT2D eigenvalue weighted by Gasteiger charge is 2.13. The van der Waals surface area contributed by atoms with Gasteiger partial charge in [-0.25, -0.2) is 4.39 Å². The predicted molar refractivity (Wildman–Crippen MR) is 71.0 cm³/mol. The van der Waals surface area contributed by atoms with Gasteiger partial charge in [-0.1, -0.05) is 6.07 Å². The van der Waals surface area contributed by atoms with Gasteiger partial charge in [0.25, 0.3) is 0 Å². The molecule has 0 unspecified atom stereocenters. The molecule has 92 valence electrons. The summed E-state index contributed by atoms with van der Waals surface area (Å²) in [6, 6.07) is 8.45. The van der Waals surface area contributed by atoms with Crippen LogP contribution in [0.1, 0.15) is 22.3 Å². The topological polar surface area (TPSA) is 30.0 Å². The van der Waals surface area contributed by atoms with Crippen LogP contribution in [0.15, 0.2) is 47.2 Å². The molecule has 1 heterocycles. The Morgan fingerprint density at radius 1 is 1.22 bits per heavy atom. The van der Waals surface area contributed by atoms with Crippen molar-refractivity contribution in [1.29, 1.82) is 0 Å². The zero-order valence-electron chi connectivity index (χ0n) is 9.57. The summed E-state index contributed by atoms with van der Waals surface area (Å²) in [6.45, 7) is 0. The summed E-state index contributed by atoms with van der Waals surface area (Å²) in [7, 11) is 0. The van der Waals surface area contributed by atoms with Crippen molar-refractivity contribution in [2.24, 2.45) is 0 Å². The first-order valence-corrected chi connectivity index (χ1v) is 6.34. The van der Waals surface area contributed by atoms with Crippen molar-refractivity contribution in [2.45, 2.75) is 12.8 Å². The SMILES string of the molecule is O=C(CCc1ccncc1)c1cccc(Br)c1F. The van der Waals surface area contributed by atoms with Crippen molar-refractivity contribution in [3.8, 4) is 0 Å². The lowest BCUT2D eigenvalue weighted by atomic mass is 10.0. The first-order valence-electron chi connectivity index (χ1n) is 5.54. The van der Waals surface area contributed by atoms with Gasteiger partial charge in [-0.15, -0.1) is 0 Å². The van der Waals surface area contributed by atoms with Crippen LogP contribution >= 0.6 is 15.9 Å². The second-order valence-electron chi connectivity index (χ2n) is 3.88. The smallest absolute Gasteiger partial charge is 0.166 e. The summed E-state index contributed by atoms with van der Waals surface area (Å²) in [4.78, 5) is 15.8. The number of carbonyl (C=O) groups excluding carboxylic acids is 1. The number of halogens is 2. The fourth-order valence-electron chi connectivity index (χ4n) is 1.66. The Morgan fingerprint density at radius 3 is 2.67 bits per heavy atom. The van der Waals surface area contributed by atoms with Gasteiger partial charge in [0.15, 0.2) is 5.78 Å². The zero-order valence-corrected chi connectivity index (χ0v) is 11.2. The van der Waals surface area contributed by atoms with Crippen LogP contribution in [-0.4, -0.2) is 10.8 Å². The molecule has 4 heteroatoms. The lowest BCUT2D eigenvalue weighted by Crippen LogP contribution is -2.04. The molecule has 0 saturated carbocycles. The van der Waals surface area contributed by atoms with Crippen LogP contribution in [0.5, 0.6) is 0 Å². The van der Waals surface area contributed by atoms with Gasteiger partial charge in [0, 0.05) is 18.8 Å². The number of hydrogen-bond acceptors (Lipinski definition) is 2. The third-order valence-electron chi connectivity index (χ3n) is 2.64. The molecule has 0 aliphatic heterocycles. The van der Waals surface area contributed by atoms with Gasteiger partial charge >= 0.3 is 0 Å². The van der Waals surface area contributed by atoms with E-state index in [1.54, 1.807) is 24.5 Å². The molecule has 0 fully saturated rings. The third-order valence-corrected chi connectivity index (χ3v) is 3.25. The molecule has 0 N–H and O–H groups in total. The summed E-state index contributed by atoms with van der Waals surface area (Å²) >= 11 is 3.07. The molecule has 1 aromatic heterocycles. The minimum absolute atomic E-state index is 0.137. The quantitative estimate of drug-likeness (QED) is 0.804. The summed E-state index contributed by atoms with van der Waals surface area (Å²) in [5.74, 6) is -0.678. The van der Waals surface area contributed by atoms with E-state index in [4.69, 9.17) is 0 Å². The number of aryl methyl sites for hydroxylation is 1. The van der Waals surface area contributed by atoms with Gasteiger partial charge < -0.3 is 0 Å². The molecular weight excluding hydrogens is 297 g/mol. The Kier molecular flexibility index (Phi) is 4.20. The van der Waals surface area contributed by atoms with Gasteiger partial charge in [0.2, 0.25) is 0 Å². The van der Waals surface area contributed by atoms with Crippen molar-refractivity contribution < 1.29 is 9.18 Å². The van der Waals surface area contributed by atoms with Crippen molar-refractivity contribution in [2.75, 3.05) is 0 Å². The van der Waals surface area contributed by atoms with Crippen molar-refractivity contribution >= 4 is 21.7 Å². The lowest BCUT2D eigenvalue weighted by molar-refractivity contribution is 0.0979. The highest BCUT2D eigenvalue weighted by Crippen LogP contribution is 2.20. The third kappa shape index (κ3) is 3.01. The van der Waals surface area contributed by atoms with Crippen LogP contribution in [-0.2, 0) is 6.42 Å². The summed E-state index contributed by atoms with van der Waals surface area (Å²) in [6.07, 6.45) is 4.24. The second-order valence-corrected chi connectivity index (χ2v) is 4.73. The molecule has 2 aromatic rings. The summed E-state index contributed by atoms with van der Waals surface area (Å²) in [5, 5.41) is 0. The Morgan fingerprint density at radius 2 is 1.94 bits per heavy atom. The molecule has 1 aromatic carbocycles. The molecule has 0 atom stereocenters. The maximum absolute atomic E-state index is 13.7. The number of benzene rings is 1. The van der Waals surface area contributed by atoms with Crippen molar-refractivity contribution in [3.63, 3.8) is 0 Å². The monoisotopic (exact) mass is 307 g/mol. The molecule has 0 aliphatic carbocycles. The fourth-order valence-corrected chi connectivity index (χ4v) is 2.03. The molecular formula is C14H11BrFNO. The maximum Gasteiger partial charge on any atom is 0.166 e. The molecule has 0 bridgehead atoms. The van der Waals surface area contributed by atoms with Crippen LogP contribution in [0.4, 0.5) is 4.39 Å². The van der Waals surface area contributed by atoms with E-state index in [1.165, 1.54) is 6.07 Å². The van der Waals surface area contributed by atoms with Crippen LogP contribution in [0.25, 0.3) is 0 Å². The van der Waals surface area contributed by atoms with Gasteiger partial charge in [0.1, 0.15) is 5.82 Å². The number of carbonyl (C=O) groups is 1. The van der Waals surface area contributed by atoms with E-state index in [0.717, 1.165) is 5.56 Å². The fraction of sp³-hybridized carbons (Fsp3) is 0.143. The van der Waals surface area contributed by atoms with E-state index >= 15 is 0 Å². The minimum atomic E-state index is -0.489. The second kappa shape index (κ2) is 5.87. The van der Waals surface area contributed by atoms with Crippen LogP contribution in [0, 0.1) is 5.82 Å². The molecule has 0 saturated heterocycles. The standard InChI is InChI=1S/C14H11BrFNO/c15-12-3-1-2-11(14(12)16)13(18)5-4-10-6-8-17-9-7-10/h1-3,6-9H,4-5H2. The summed E-state index contributed by atoms with van der Waals surface area (Å²) < 4.78 is 14.0. The van der Waals surface area contributed by atoms with E-state index in [0.29, 0.717) is 10.9 Å². The Hall–Kier alpha value is -1.55. The largest absolute Gasteiger partial charge is 0.294 e. The minimum Gasteiger partial charge on any atom is -0.294 e. The van der Waals surface area contributed by atoms with Crippen molar-refractivity contribution in [1.82, 2.24) is 4.98 Å². The average molecular weight is 308 g/mol. The van der Waals surface area contributed by atoms with Gasteiger partial charge in [0.05, 0.1) is 10.0 Å². The van der Waals surface area contributed by atoms with E-state index < -0.39 is 5.82 Å². The van der Waals surface area contributed by atoms with E-state index in [-0.39, 0.29) is 17.8 Å². The van der Waals surface area contributed by atoms with Gasteiger partial charge in [-0.2, -0.15) is 0 Å². The molecule has 2 nitrogen and oxygen atoms in total. The molecule has 0 spiro atoms. The Labute approximate surface area is 113 Å². The number of Topliss-reactive ketones (excluding diaryl/α,β-unsaturated/α-hetero) is 1. The van der Waals surface area contributed by atoms with Gasteiger partial charge in [-0.05, 0) is 52.2 Å². The Balaban J connectivity index is 2.07. The van der Waals surface area contributed by atoms with E-state index in [2.05, 4.69) is 20.9 Å².